The minimum atomic E-state index is -1.78. The van der Waals surface area contributed by atoms with Crippen molar-refractivity contribution in [3.63, 3.8) is 0 Å². The van der Waals surface area contributed by atoms with Gasteiger partial charge in [-0.05, 0) is 19.3 Å². The molecule has 0 aromatic rings. The molecule has 33 heavy (non-hydrogen) atoms. The molecule has 8 atom stereocenters. The highest BCUT2D eigenvalue weighted by Gasteiger charge is 2.78. The van der Waals surface area contributed by atoms with E-state index in [9.17, 15) is 24.9 Å². The van der Waals surface area contributed by atoms with Crippen LogP contribution in [0.25, 0.3) is 0 Å². The van der Waals surface area contributed by atoms with E-state index in [4.69, 9.17) is 9.84 Å². The molecule has 8 nitrogen and oxygen atoms in total. The monoisotopic (exact) mass is 531 g/mol. The van der Waals surface area contributed by atoms with Crippen molar-refractivity contribution >= 4 is 27.6 Å². The van der Waals surface area contributed by atoms with Crippen LogP contribution in [0.5, 0.6) is 0 Å². The van der Waals surface area contributed by atoms with E-state index < -0.39 is 52.1 Å². The van der Waals surface area contributed by atoms with Crippen molar-refractivity contribution in [2.75, 3.05) is 7.11 Å². The smallest absolute Gasteiger partial charge is 0.244 e. The highest BCUT2D eigenvalue weighted by Crippen LogP contribution is 2.55. The third-order valence-electron chi connectivity index (χ3n) is 6.74. The lowest BCUT2D eigenvalue weighted by Gasteiger charge is -2.53. The number of halogens is 1. The molecule has 0 aromatic heterocycles. The van der Waals surface area contributed by atoms with Gasteiger partial charge in [0.1, 0.15) is 28.2 Å². The number of ketones is 1. The zero-order chi connectivity index (χ0) is 25.0. The molecule has 0 spiro atoms. The Balaban J connectivity index is 0.00000187. The van der Waals surface area contributed by atoms with Crippen LogP contribution in [0.4, 0.5) is 0 Å². The summed E-state index contributed by atoms with van der Waals surface area (Å²) in [6.07, 6.45) is 6.54. The predicted molar refractivity (Wildman–Crippen MR) is 128 cm³/mol. The van der Waals surface area contributed by atoms with Gasteiger partial charge in [0, 0.05) is 19.6 Å². The molecule has 0 radical (unpaired) electrons. The molecule has 0 unspecified atom stereocenters. The van der Waals surface area contributed by atoms with Crippen molar-refractivity contribution in [3.05, 3.63) is 23.8 Å². The minimum Gasteiger partial charge on any atom is -0.400 e. The molecule has 5 N–H and O–H groups in total. The highest BCUT2D eigenvalue weighted by molar-refractivity contribution is 9.10. The van der Waals surface area contributed by atoms with E-state index in [1.807, 2.05) is 6.92 Å². The number of rotatable bonds is 9. The molecule has 1 heterocycles. The number of fused-ring (bicyclic) bond motifs is 4. The first-order valence-corrected chi connectivity index (χ1v) is 12.4. The Labute approximate surface area is 204 Å². The first-order valence-electron chi connectivity index (χ1n) is 11.6. The van der Waals surface area contributed by atoms with Gasteiger partial charge in [-0.3, -0.25) is 9.59 Å². The van der Waals surface area contributed by atoms with Gasteiger partial charge in [-0.25, -0.2) is 0 Å². The number of allylic oxidation sites excluding steroid dienone is 3. The van der Waals surface area contributed by atoms with Crippen LogP contribution in [0, 0.1) is 5.92 Å². The summed E-state index contributed by atoms with van der Waals surface area (Å²) in [6, 6.07) is -0.916. The van der Waals surface area contributed by atoms with Gasteiger partial charge in [-0.1, -0.05) is 73.2 Å². The van der Waals surface area contributed by atoms with Gasteiger partial charge in [0.2, 0.25) is 5.91 Å². The third kappa shape index (κ3) is 5.77. The van der Waals surface area contributed by atoms with E-state index in [0.717, 1.165) is 19.1 Å². The van der Waals surface area contributed by atoms with Crippen LogP contribution < -0.4 is 5.32 Å². The van der Waals surface area contributed by atoms with Crippen LogP contribution in [0.2, 0.25) is 0 Å². The lowest BCUT2D eigenvalue weighted by molar-refractivity contribution is -0.177. The second-order valence-electron chi connectivity index (χ2n) is 9.34. The number of aliphatic hydroxyl groups excluding tert-OH is 3. The summed E-state index contributed by atoms with van der Waals surface area (Å²) in [4.78, 5) is 25.0. The van der Waals surface area contributed by atoms with E-state index in [-0.39, 0.29) is 6.42 Å². The number of Topliss-reactive ketones (excluding diaryl/α,β-unsaturated/α-hetero) is 1. The topological polar surface area (TPSA) is 140 Å². The van der Waals surface area contributed by atoms with Crippen LogP contribution >= 0.6 is 15.9 Å². The molecule has 3 aliphatic rings. The Bertz CT molecular complexity index is 772. The van der Waals surface area contributed by atoms with Crippen molar-refractivity contribution in [1.82, 2.24) is 5.32 Å². The second-order valence-corrected chi connectivity index (χ2v) is 10.7. The van der Waals surface area contributed by atoms with Crippen LogP contribution in [0.3, 0.4) is 0 Å². The van der Waals surface area contributed by atoms with E-state index in [1.54, 1.807) is 6.08 Å². The fraction of sp³-hybridized carbons (Fsp3) is 0.750. The maximum atomic E-state index is 12.6. The molecule has 2 saturated carbocycles. The Morgan fingerprint density at radius 3 is 2.58 bits per heavy atom. The summed E-state index contributed by atoms with van der Waals surface area (Å²) >= 11 is 3.17. The zero-order valence-corrected chi connectivity index (χ0v) is 21.4. The summed E-state index contributed by atoms with van der Waals surface area (Å²) < 4.78 is 3.49. The van der Waals surface area contributed by atoms with Crippen molar-refractivity contribution < 1.29 is 34.8 Å². The maximum absolute atomic E-state index is 12.6. The van der Waals surface area contributed by atoms with E-state index in [1.165, 1.54) is 31.8 Å². The standard InChI is InChI=1S/C23H34BrNO6.CH4O/c1-4-5-6-7-8-13(2)11-14(3)9-10-16(26)25-15-12-22(30)20-17(31-20)19(28)23(24,18(15)27)21(22)29;1-2/h9-11,13,15,17-18,20-21,27,29-30H,4-8,12H2,1-3H3,(H,25,26);2H,1H3/b10-9+,14-11+;/t13-,15+,17+,18+,20+,21+,22+,23-;/m1./s1. The zero-order valence-electron chi connectivity index (χ0n) is 19.8. The van der Waals surface area contributed by atoms with Crippen LogP contribution in [-0.2, 0) is 14.3 Å². The van der Waals surface area contributed by atoms with Gasteiger partial charge in [0.05, 0.1) is 12.1 Å². The molecule has 188 valence electrons. The number of unbranched alkanes of at least 4 members (excludes halogenated alkanes) is 3. The van der Waals surface area contributed by atoms with Crippen molar-refractivity contribution in [2.45, 2.75) is 99.7 Å². The lowest BCUT2D eigenvalue weighted by Crippen LogP contribution is -2.77. The average molecular weight is 532 g/mol. The molecule has 3 fully saturated rings. The van der Waals surface area contributed by atoms with Crippen molar-refractivity contribution in [2.24, 2.45) is 5.92 Å². The number of aliphatic hydroxyl groups is 4. The Kier molecular flexibility index (Phi) is 9.85. The van der Waals surface area contributed by atoms with Gasteiger partial charge in [0.15, 0.2) is 5.78 Å². The lowest BCUT2D eigenvalue weighted by atomic mass is 9.63. The number of hydrogen-bond donors (Lipinski definition) is 5. The minimum absolute atomic E-state index is 0.111. The van der Waals surface area contributed by atoms with Crippen molar-refractivity contribution in [1.29, 1.82) is 0 Å². The van der Waals surface area contributed by atoms with Gasteiger partial charge < -0.3 is 30.5 Å². The summed E-state index contributed by atoms with van der Waals surface area (Å²) in [6.45, 7) is 6.28. The molecular weight excluding hydrogens is 494 g/mol. The molecule has 2 bridgehead atoms. The fourth-order valence-electron chi connectivity index (χ4n) is 4.90. The molecule has 1 saturated heterocycles. The highest BCUT2D eigenvalue weighted by atomic mass is 79.9. The number of hydrogen-bond acceptors (Lipinski definition) is 7. The average Bonchev–Trinajstić information content (AvgIpc) is 3.59. The molecule has 0 aromatic carbocycles. The van der Waals surface area contributed by atoms with E-state index >= 15 is 0 Å². The number of carbonyl (C=O) groups is 2. The second kappa shape index (κ2) is 11.6. The summed E-state index contributed by atoms with van der Waals surface area (Å²) in [5.41, 5.74) is -0.749. The number of ether oxygens (including phenoxy) is 1. The third-order valence-corrected chi connectivity index (χ3v) is 8.03. The Hall–Kier alpha value is -1.10. The summed E-state index contributed by atoms with van der Waals surface area (Å²) in [5.74, 6) is -0.531. The quantitative estimate of drug-likeness (QED) is 0.0998. The van der Waals surface area contributed by atoms with Crippen LogP contribution in [0.15, 0.2) is 23.8 Å². The number of epoxide rings is 1. The van der Waals surface area contributed by atoms with E-state index in [0.29, 0.717) is 5.92 Å². The van der Waals surface area contributed by atoms with Crippen molar-refractivity contribution in [3.8, 4) is 0 Å². The van der Waals surface area contributed by atoms with Crippen LogP contribution in [0.1, 0.15) is 59.3 Å². The number of alkyl halides is 1. The summed E-state index contributed by atoms with van der Waals surface area (Å²) in [7, 11) is 1.00. The molecule has 1 amide bonds. The largest absolute Gasteiger partial charge is 0.400 e. The van der Waals surface area contributed by atoms with Gasteiger partial charge in [-0.15, -0.1) is 0 Å². The number of nitrogens with one attached hydrogen (secondary N) is 1. The molecule has 3 rings (SSSR count). The van der Waals surface area contributed by atoms with Gasteiger partial charge in [-0.2, -0.15) is 0 Å². The number of amides is 1. The van der Waals surface area contributed by atoms with Gasteiger partial charge in [0.25, 0.3) is 0 Å². The fourth-order valence-corrected chi connectivity index (χ4v) is 5.85. The first-order chi connectivity index (χ1) is 15.6. The first kappa shape index (κ1) is 28.1. The van der Waals surface area contributed by atoms with Gasteiger partial charge >= 0.3 is 0 Å². The predicted octanol–water partition coefficient (Wildman–Crippen LogP) is 1.53. The Morgan fingerprint density at radius 1 is 1.27 bits per heavy atom. The molecular formula is C24H38BrNO7. The Morgan fingerprint density at radius 2 is 1.94 bits per heavy atom. The molecule has 2 aliphatic carbocycles. The van der Waals surface area contributed by atoms with Crippen LogP contribution in [-0.4, -0.2) is 79.6 Å². The SMILES string of the molecule is CCCCCC[C@@H](C)/C=C(C)/C=C/C(=O)N[C@H]1C[C@]2(O)[C@H]3O[C@H]3C(=O)[C@](Br)([C@H]1O)[C@H]2O.CO. The maximum Gasteiger partial charge on any atom is 0.244 e. The molecule has 1 aliphatic heterocycles. The number of carbonyl (C=O) groups excluding carboxylic acids is 2. The molecule has 9 heteroatoms. The summed E-state index contributed by atoms with van der Waals surface area (Å²) in [5, 5.41) is 41.9. The normalized spacial score (nSPS) is 38.3. The van der Waals surface area contributed by atoms with E-state index in [2.05, 4.69) is 41.2 Å².